The van der Waals surface area contributed by atoms with E-state index in [1.807, 2.05) is 54.6 Å². The molecule has 0 unspecified atom stereocenters. The Labute approximate surface area is 155 Å². The van der Waals surface area contributed by atoms with Crippen LogP contribution < -0.4 is 5.32 Å². The Morgan fingerprint density at radius 3 is 2.70 bits per heavy atom. The predicted molar refractivity (Wildman–Crippen MR) is 103 cm³/mol. The molecule has 2 aromatic carbocycles. The zero-order valence-electron chi connectivity index (χ0n) is 14.5. The van der Waals surface area contributed by atoms with Gasteiger partial charge in [0.25, 0.3) is 5.91 Å². The van der Waals surface area contributed by atoms with E-state index in [1.54, 1.807) is 13.0 Å². The average Bonchev–Trinajstić information content (AvgIpc) is 3.11. The van der Waals surface area contributed by atoms with Crippen LogP contribution in [0.4, 0.5) is 5.69 Å². The van der Waals surface area contributed by atoms with Gasteiger partial charge >= 0.3 is 0 Å². The number of aromatic amines is 1. The summed E-state index contributed by atoms with van der Waals surface area (Å²) in [5, 5.41) is 20.1. The van der Waals surface area contributed by atoms with Crippen molar-refractivity contribution in [2.24, 2.45) is 0 Å². The normalized spacial score (nSPS) is 10.5. The second kappa shape index (κ2) is 6.73. The lowest BCUT2D eigenvalue weighted by Crippen LogP contribution is -2.15. The number of nitriles is 1. The molecular weight excluding hydrogens is 338 g/mol. The number of benzene rings is 2. The maximum atomic E-state index is 12.6. The monoisotopic (exact) mass is 353 g/mol. The summed E-state index contributed by atoms with van der Waals surface area (Å²) < 4.78 is 0. The molecule has 0 bridgehead atoms. The lowest BCUT2D eigenvalue weighted by Gasteiger charge is -2.07. The van der Waals surface area contributed by atoms with Gasteiger partial charge in [0.15, 0.2) is 0 Å². The maximum Gasteiger partial charge on any atom is 0.274 e. The number of pyridine rings is 1. The summed E-state index contributed by atoms with van der Waals surface area (Å²) in [4.78, 5) is 16.7. The molecule has 130 valence electrons. The van der Waals surface area contributed by atoms with Gasteiger partial charge in [-0.3, -0.25) is 9.89 Å². The second-order valence-corrected chi connectivity index (χ2v) is 6.15. The van der Waals surface area contributed by atoms with Crippen LogP contribution in [0.1, 0.15) is 21.6 Å². The number of fused-ring (bicyclic) bond motifs is 1. The molecule has 0 atom stereocenters. The molecule has 1 amide bonds. The Bertz CT molecular complexity index is 1190. The van der Waals surface area contributed by atoms with Crippen molar-refractivity contribution in [3.63, 3.8) is 0 Å². The molecule has 2 aromatic heterocycles. The Morgan fingerprint density at radius 2 is 1.96 bits per heavy atom. The molecule has 6 heteroatoms. The number of nitrogens with one attached hydrogen (secondary N) is 2. The van der Waals surface area contributed by atoms with Gasteiger partial charge < -0.3 is 5.32 Å². The van der Waals surface area contributed by atoms with Crippen LogP contribution in [0.2, 0.25) is 0 Å². The van der Waals surface area contributed by atoms with Crippen molar-refractivity contribution in [2.45, 2.75) is 6.92 Å². The first-order chi connectivity index (χ1) is 13.2. The van der Waals surface area contributed by atoms with E-state index < -0.39 is 0 Å². The van der Waals surface area contributed by atoms with E-state index in [2.05, 4.69) is 20.5 Å². The molecule has 0 spiro atoms. The summed E-state index contributed by atoms with van der Waals surface area (Å²) in [6.07, 6.45) is 1.40. The minimum atomic E-state index is -0.318. The lowest BCUT2D eigenvalue weighted by atomic mass is 10.1. The van der Waals surface area contributed by atoms with E-state index in [1.165, 1.54) is 6.20 Å². The summed E-state index contributed by atoms with van der Waals surface area (Å²) in [6.45, 7) is 1.76. The van der Waals surface area contributed by atoms with E-state index in [9.17, 15) is 4.79 Å². The molecule has 0 saturated carbocycles. The second-order valence-electron chi connectivity index (χ2n) is 6.15. The van der Waals surface area contributed by atoms with Crippen molar-refractivity contribution in [2.75, 3.05) is 5.32 Å². The molecule has 2 N–H and O–H groups in total. The smallest absolute Gasteiger partial charge is 0.274 e. The number of hydrogen-bond donors (Lipinski definition) is 2. The number of hydrogen-bond acceptors (Lipinski definition) is 4. The highest BCUT2D eigenvalue weighted by atomic mass is 16.1. The number of carbonyl (C=O) groups is 1. The molecule has 0 radical (unpaired) electrons. The van der Waals surface area contributed by atoms with Gasteiger partial charge in [0.05, 0.1) is 16.8 Å². The minimum absolute atomic E-state index is 0.296. The van der Waals surface area contributed by atoms with Crippen LogP contribution in [0.5, 0.6) is 0 Å². The number of H-pyrrole nitrogens is 1. The molecule has 2 heterocycles. The third-order valence-electron chi connectivity index (χ3n) is 4.29. The lowest BCUT2D eigenvalue weighted by molar-refractivity contribution is 0.102. The largest absolute Gasteiger partial charge is 0.321 e. The number of amides is 1. The van der Waals surface area contributed by atoms with Gasteiger partial charge in [0.1, 0.15) is 11.8 Å². The van der Waals surface area contributed by atoms with Gasteiger partial charge in [-0.2, -0.15) is 10.4 Å². The van der Waals surface area contributed by atoms with Crippen LogP contribution in [-0.4, -0.2) is 21.1 Å². The van der Waals surface area contributed by atoms with Gasteiger partial charge in [-0.1, -0.05) is 30.3 Å². The van der Waals surface area contributed by atoms with Gasteiger partial charge in [-0.25, -0.2) is 4.98 Å². The summed E-state index contributed by atoms with van der Waals surface area (Å²) in [5.41, 5.74) is 4.74. The number of carbonyl (C=O) groups excluding carboxylic acids is 1. The van der Waals surface area contributed by atoms with E-state index in [0.717, 1.165) is 22.2 Å². The quantitative estimate of drug-likeness (QED) is 0.581. The zero-order chi connectivity index (χ0) is 18.8. The molecule has 0 aliphatic rings. The van der Waals surface area contributed by atoms with Gasteiger partial charge in [0, 0.05) is 22.8 Å². The first kappa shape index (κ1) is 16.5. The van der Waals surface area contributed by atoms with E-state index in [0.29, 0.717) is 22.5 Å². The molecule has 4 aromatic rings. The van der Waals surface area contributed by atoms with Crippen molar-refractivity contribution in [3.05, 3.63) is 77.6 Å². The van der Waals surface area contributed by atoms with Crippen molar-refractivity contribution in [3.8, 4) is 17.3 Å². The molecule has 6 nitrogen and oxygen atoms in total. The predicted octanol–water partition coefficient (Wildman–Crippen LogP) is 4.06. The van der Waals surface area contributed by atoms with Crippen molar-refractivity contribution >= 4 is 22.5 Å². The molecular formula is C21H15N5O. The Hall–Kier alpha value is -3.98. The fraction of sp³-hybridized carbons (Fsp3) is 0.0476. The number of aromatic nitrogens is 3. The van der Waals surface area contributed by atoms with Gasteiger partial charge in [-0.15, -0.1) is 0 Å². The Balaban J connectivity index is 1.67. The van der Waals surface area contributed by atoms with Crippen LogP contribution in [0.25, 0.3) is 22.2 Å². The maximum absolute atomic E-state index is 12.6. The number of rotatable bonds is 3. The van der Waals surface area contributed by atoms with Crippen LogP contribution in [0, 0.1) is 18.3 Å². The van der Waals surface area contributed by atoms with E-state index in [4.69, 9.17) is 5.26 Å². The Kier molecular flexibility index (Phi) is 4.11. The number of anilines is 1. The standard InChI is InChI=1S/C21H15N5O/c1-13-9-14(11-22)12-23-19(13)21(27)24-16-7-8-18-17(10-16)20(26-25-18)15-5-3-2-4-6-15/h2-10,12H,1H3,(H,24,27)(H,25,26). The highest BCUT2D eigenvalue weighted by Crippen LogP contribution is 2.28. The average molecular weight is 353 g/mol. The third-order valence-corrected chi connectivity index (χ3v) is 4.29. The summed E-state index contributed by atoms with van der Waals surface area (Å²) in [7, 11) is 0. The topological polar surface area (TPSA) is 94.5 Å². The fourth-order valence-electron chi connectivity index (χ4n) is 2.97. The first-order valence-electron chi connectivity index (χ1n) is 8.37. The van der Waals surface area contributed by atoms with E-state index >= 15 is 0 Å². The number of nitrogens with zero attached hydrogens (tertiary/aromatic N) is 3. The highest BCUT2D eigenvalue weighted by Gasteiger charge is 2.14. The van der Waals surface area contributed by atoms with Crippen LogP contribution in [0.15, 0.2) is 60.8 Å². The van der Waals surface area contributed by atoms with Crippen molar-refractivity contribution in [1.82, 2.24) is 15.2 Å². The Morgan fingerprint density at radius 1 is 1.15 bits per heavy atom. The molecule has 4 rings (SSSR count). The van der Waals surface area contributed by atoms with Gasteiger partial charge in [-0.05, 0) is 36.8 Å². The zero-order valence-corrected chi connectivity index (χ0v) is 14.5. The van der Waals surface area contributed by atoms with Crippen LogP contribution in [-0.2, 0) is 0 Å². The molecule has 0 aliphatic carbocycles. The van der Waals surface area contributed by atoms with E-state index in [-0.39, 0.29) is 5.91 Å². The number of aryl methyl sites for hydroxylation is 1. The summed E-state index contributed by atoms with van der Waals surface area (Å²) in [5.74, 6) is -0.318. The van der Waals surface area contributed by atoms with Crippen LogP contribution >= 0.6 is 0 Å². The first-order valence-corrected chi connectivity index (χ1v) is 8.37. The third kappa shape index (κ3) is 3.14. The summed E-state index contributed by atoms with van der Waals surface area (Å²) in [6, 6.07) is 19.1. The molecule has 0 saturated heterocycles. The molecule has 0 fully saturated rings. The highest BCUT2D eigenvalue weighted by molar-refractivity contribution is 6.05. The summed E-state index contributed by atoms with van der Waals surface area (Å²) >= 11 is 0. The fourth-order valence-corrected chi connectivity index (χ4v) is 2.97. The van der Waals surface area contributed by atoms with Crippen molar-refractivity contribution in [1.29, 1.82) is 5.26 Å². The minimum Gasteiger partial charge on any atom is -0.321 e. The molecule has 0 aliphatic heterocycles. The molecule has 27 heavy (non-hydrogen) atoms. The van der Waals surface area contributed by atoms with Crippen molar-refractivity contribution < 1.29 is 4.79 Å². The van der Waals surface area contributed by atoms with Gasteiger partial charge in [0.2, 0.25) is 0 Å². The van der Waals surface area contributed by atoms with Crippen LogP contribution in [0.3, 0.4) is 0 Å². The SMILES string of the molecule is Cc1cc(C#N)cnc1C(=O)Nc1ccc2[nH]nc(-c3ccccc3)c2c1.